The van der Waals surface area contributed by atoms with Crippen molar-refractivity contribution in [1.29, 1.82) is 0 Å². The number of pyridine rings is 1. The van der Waals surface area contributed by atoms with Gasteiger partial charge in [0.1, 0.15) is 0 Å². The molecular formula is C18H24N6O2. The Labute approximate surface area is 152 Å². The molecule has 2 aliphatic heterocycles. The van der Waals surface area contributed by atoms with Gasteiger partial charge < -0.3 is 9.47 Å². The third-order valence-electron chi connectivity index (χ3n) is 5.29. The number of likely N-dealkylation sites (N-methyl/N-ethyl adjacent to an activating group) is 1. The number of hydrogen-bond acceptors (Lipinski definition) is 4. The summed E-state index contributed by atoms with van der Waals surface area (Å²) in [5, 5.41) is 4.50. The largest absolute Gasteiger partial charge is 0.326 e. The molecule has 2 saturated heterocycles. The molecule has 2 aromatic rings. The molecule has 0 aliphatic carbocycles. The third kappa shape index (κ3) is 3.12. The van der Waals surface area contributed by atoms with Crippen LogP contribution in [0.5, 0.6) is 0 Å². The molecule has 0 radical (unpaired) electrons. The molecule has 0 aromatic carbocycles. The van der Waals surface area contributed by atoms with Gasteiger partial charge in [-0.2, -0.15) is 5.10 Å². The highest BCUT2D eigenvalue weighted by Gasteiger charge is 2.29. The maximum Gasteiger partial charge on any atom is 0.324 e. The van der Waals surface area contributed by atoms with Gasteiger partial charge in [-0.05, 0) is 12.0 Å². The monoisotopic (exact) mass is 356 g/mol. The van der Waals surface area contributed by atoms with E-state index < -0.39 is 0 Å². The van der Waals surface area contributed by atoms with Crippen molar-refractivity contribution in [1.82, 2.24) is 24.1 Å². The molecule has 2 aliphatic rings. The van der Waals surface area contributed by atoms with Gasteiger partial charge in [-0.25, -0.2) is 4.79 Å². The van der Waals surface area contributed by atoms with Gasteiger partial charge in [0.15, 0.2) is 0 Å². The van der Waals surface area contributed by atoms with Gasteiger partial charge in [0.2, 0.25) is 5.56 Å². The molecule has 26 heavy (non-hydrogen) atoms. The van der Waals surface area contributed by atoms with Crippen LogP contribution in [0.4, 0.5) is 10.5 Å². The fourth-order valence-corrected chi connectivity index (χ4v) is 3.73. The fourth-order valence-electron chi connectivity index (χ4n) is 3.73. The Kier molecular flexibility index (Phi) is 4.28. The van der Waals surface area contributed by atoms with Gasteiger partial charge in [0, 0.05) is 65.3 Å². The van der Waals surface area contributed by atoms with Crippen molar-refractivity contribution < 1.29 is 4.79 Å². The van der Waals surface area contributed by atoms with Crippen molar-refractivity contribution in [2.45, 2.75) is 19.0 Å². The van der Waals surface area contributed by atoms with E-state index in [-0.39, 0.29) is 11.6 Å². The van der Waals surface area contributed by atoms with Crippen LogP contribution < -0.4 is 10.5 Å². The first-order chi connectivity index (χ1) is 12.5. The molecule has 2 amide bonds. The number of aryl methyl sites for hydroxylation is 1. The minimum absolute atomic E-state index is 0.0132. The van der Waals surface area contributed by atoms with Crippen LogP contribution in [0.3, 0.4) is 0 Å². The summed E-state index contributed by atoms with van der Waals surface area (Å²) in [6.07, 6.45) is 6.70. The van der Waals surface area contributed by atoms with Crippen LogP contribution in [0.15, 0.2) is 35.5 Å². The number of likely N-dealkylation sites (tertiary alicyclic amines) is 1. The van der Waals surface area contributed by atoms with Crippen LogP contribution in [0.2, 0.25) is 0 Å². The number of nitrogens with zero attached hydrogens (tertiary/aromatic N) is 6. The normalized spacial score (nSPS) is 21.2. The van der Waals surface area contributed by atoms with Gasteiger partial charge in [-0.3, -0.25) is 19.3 Å². The lowest BCUT2D eigenvalue weighted by Gasteiger charge is -2.17. The maximum absolute atomic E-state index is 12.1. The Bertz CT molecular complexity index is 873. The van der Waals surface area contributed by atoms with Gasteiger partial charge in [0.05, 0.1) is 17.9 Å². The number of amides is 2. The second-order valence-corrected chi connectivity index (χ2v) is 7.20. The average molecular weight is 356 g/mol. The van der Waals surface area contributed by atoms with E-state index in [1.165, 1.54) is 0 Å². The molecule has 2 fully saturated rings. The second-order valence-electron chi connectivity index (χ2n) is 7.20. The number of aromatic nitrogens is 3. The Morgan fingerprint density at radius 3 is 2.69 bits per heavy atom. The number of carbonyl (C=O) groups excluding carboxylic acids is 1. The van der Waals surface area contributed by atoms with Gasteiger partial charge in [0.25, 0.3) is 0 Å². The smallest absolute Gasteiger partial charge is 0.324 e. The molecule has 4 rings (SSSR count). The summed E-state index contributed by atoms with van der Waals surface area (Å²) in [4.78, 5) is 29.5. The zero-order valence-corrected chi connectivity index (χ0v) is 15.2. The van der Waals surface area contributed by atoms with Crippen LogP contribution in [-0.4, -0.2) is 63.4 Å². The van der Waals surface area contributed by atoms with Crippen LogP contribution in [-0.2, 0) is 13.6 Å². The van der Waals surface area contributed by atoms with E-state index >= 15 is 0 Å². The predicted octanol–water partition coefficient (Wildman–Crippen LogP) is 0.901. The number of rotatable bonds is 4. The summed E-state index contributed by atoms with van der Waals surface area (Å²) in [7, 11) is 3.60. The van der Waals surface area contributed by atoms with Crippen molar-refractivity contribution in [3.63, 3.8) is 0 Å². The van der Waals surface area contributed by atoms with Gasteiger partial charge >= 0.3 is 6.03 Å². The maximum atomic E-state index is 12.1. The molecule has 0 N–H and O–H groups in total. The molecule has 1 unspecified atom stereocenters. The van der Waals surface area contributed by atoms with Gasteiger partial charge in [-0.15, -0.1) is 0 Å². The lowest BCUT2D eigenvalue weighted by Crippen LogP contribution is -2.28. The molecular weight excluding hydrogens is 332 g/mol. The highest BCUT2D eigenvalue weighted by molar-refractivity contribution is 5.93. The van der Waals surface area contributed by atoms with Crippen molar-refractivity contribution >= 4 is 11.7 Å². The molecule has 0 bridgehead atoms. The molecule has 8 nitrogen and oxygen atoms in total. The van der Waals surface area contributed by atoms with Crippen molar-refractivity contribution in [2.75, 3.05) is 38.1 Å². The molecule has 0 saturated carbocycles. The SMILES string of the molecule is CN1CCN(c2cnn(C3CCN(Cc4ccc(=O)n(C)c4)C3)c2)C1=O. The quantitative estimate of drug-likeness (QED) is 0.816. The summed E-state index contributed by atoms with van der Waals surface area (Å²) >= 11 is 0. The third-order valence-corrected chi connectivity index (χ3v) is 5.29. The highest BCUT2D eigenvalue weighted by atomic mass is 16.2. The van der Waals surface area contributed by atoms with Crippen LogP contribution >= 0.6 is 0 Å². The minimum atomic E-state index is 0.0132. The van der Waals surface area contributed by atoms with E-state index in [0.717, 1.165) is 43.9 Å². The molecule has 0 spiro atoms. The molecule has 8 heteroatoms. The summed E-state index contributed by atoms with van der Waals surface area (Å²) in [5.74, 6) is 0. The first-order valence-electron chi connectivity index (χ1n) is 8.96. The van der Waals surface area contributed by atoms with Crippen molar-refractivity contribution in [2.24, 2.45) is 7.05 Å². The molecule has 138 valence electrons. The fraction of sp³-hybridized carbons (Fsp3) is 0.500. The van der Waals surface area contributed by atoms with E-state index in [2.05, 4.69) is 10.00 Å². The Morgan fingerprint density at radius 1 is 1.12 bits per heavy atom. The standard InChI is InChI=1S/C18H24N6O2/c1-20-7-8-23(18(20)26)16-9-19-24(13-16)15-5-6-22(12-15)11-14-3-4-17(25)21(2)10-14/h3-4,9-10,13,15H,5-8,11-12H2,1-2H3. The van der Waals surface area contributed by atoms with E-state index in [4.69, 9.17) is 0 Å². The summed E-state index contributed by atoms with van der Waals surface area (Å²) in [5.41, 5.74) is 2.02. The van der Waals surface area contributed by atoms with E-state index in [9.17, 15) is 9.59 Å². The highest BCUT2D eigenvalue weighted by Crippen LogP contribution is 2.26. The lowest BCUT2D eigenvalue weighted by atomic mass is 10.2. The van der Waals surface area contributed by atoms with Gasteiger partial charge in [-0.1, -0.05) is 6.07 Å². The van der Waals surface area contributed by atoms with E-state index in [1.807, 2.05) is 30.2 Å². The second kappa shape index (κ2) is 6.60. The molecule has 2 aromatic heterocycles. The zero-order chi connectivity index (χ0) is 18.3. The molecule has 4 heterocycles. The summed E-state index contributed by atoms with van der Waals surface area (Å²) in [6, 6.07) is 3.86. The number of hydrogen-bond donors (Lipinski definition) is 0. The summed E-state index contributed by atoms with van der Waals surface area (Å²) in [6.45, 7) is 4.20. The average Bonchev–Trinajstić information content (AvgIpc) is 3.33. The minimum Gasteiger partial charge on any atom is -0.326 e. The number of carbonyl (C=O) groups is 1. The van der Waals surface area contributed by atoms with E-state index in [1.54, 1.807) is 33.7 Å². The van der Waals surface area contributed by atoms with Crippen molar-refractivity contribution in [3.8, 4) is 0 Å². The first-order valence-corrected chi connectivity index (χ1v) is 8.96. The van der Waals surface area contributed by atoms with Crippen molar-refractivity contribution in [3.05, 3.63) is 46.6 Å². The van der Waals surface area contributed by atoms with Crippen LogP contribution in [0.1, 0.15) is 18.0 Å². The van der Waals surface area contributed by atoms with E-state index in [0.29, 0.717) is 12.6 Å². The zero-order valence-electron chi connectivity index (χ0n) is 15.2. The Hall–Kier alpha value is -2.61. The molecule has 1 atom stereocenters. The Morgan fingerprint density at radius 2 is 1.96 bits per heavy atom. The first kappa shape index (κ1) is 16.8. The van der Waals surface area contributed by atoms with Crippen LogP contribution in [0.25, 0.3) is 0 Å². The number of urea groups is 1. The topological polar surface area (TPSA) is 66.6 Å². The lowest BCUT2D eigenvalue weighted by molar-refractivity contribution is 0.229. The van der Waals surface area contributed by atoms with Crippen LogP contribution in [0, 0.1) is 0 Å². The number of anilines is 1. The predicted molar refractivity (Wildman–Crippen MR) is 98.2 cm³/mol. The summed E-state index contributed by atoms with van der Waals surface area (Å²) < 4.78 is 3.61. The Balaban J connectivity index is 1.40.